The first-order valence-electron chi connectivity index (χ1n) is 6.58. The van der Waals surface area contributed by atoms with Gasteiger partial charge in [0.2, 0.25) is 5.91 Å². The SMILES string of the molecule is C[C@H](C(=O)NCc1csc(C(C)(C)C)n1)n1ccnc1. The highest BCUT2D eigenvalue weighted by Gasteiger charge is 2.19. The Balaban J connectivity index is 1.92. The van der Waals surface area contributed by atoms with E-state index in [2.05, 4.69) is 36.1 Å². The molecule has 0 unspecified atom stereocenters. The summed E-state index contributed by atoms with van der Waals surface area (Å²) in [5.74, 6) is -0.0340. The molecule has 0 aliphatic heterocycles. The largest absolute Gasteiger partial charge is 0.349 e. The van der Waals surface area contributed by atoms with Crippen LogP contribution < -0.4 is 5.32 Å². The topological polar surface area (TPSA) is 59.8 Å². The van der Waals surface area contributed by atoms with Crippen LogP contribution in [0.5, 0.6) is 0 Å². The van der Waals surface area contributed by atoms with Crippen molar-refractivity contribution in [2.75, 3.05) is 0 Å². The van der Waals surface area contributed by atoms with Gasteiger partial charge in [-0.25, -0.2) is 9.97 Å². The summed E-state index contributed by atoms with van der Waals surface area (Å²) < 4.78 is 1.77. The average Bonchev–Trinajstić information content (AvgIpc) is 3.04. The molecule has 0 fully saturated rings. The molecule has 5 nitrogen and oxygen atoms in total. The lowest BCUT2D eigenvalue weighted by Gasteiger charge is -2.14. The third-order valence-electron chi connectivity index (χ3n) is 2.99. The summed E-state index contributed by atoms with van der Waals surface area (Å²) in [6.45, 7) is 8.71. The lowest BCUT2D eigenvalue weighted by molar-refractivity contribution is -0.124. The van der Waals surface area contributed by atoms with Gasteiger partial charge in [0, 0.05) is 23.2 Å². The molecule has 2 rings (SSSR count). The van der Waals surface area contributed by atoms with E-state index in [-0.39, 0.29) is 17.4 Å². The van der Waals surface area contributed by atoms with Crippen molar-refractivity contribution < 1.29 is 4.79 Å². The second-order valence-electron chi connectivity index (χ2n) is 5.80. The lowest BCUT2D eigenvalue weighted by Crippen LogP contribution is -2.30. The van der Waals surface area contributed by atoms with Gasteiger partial charge in [-0.05, 0) is 6.92 Å². The summed E-state index contributed by atoms with van der Waals surface area (Å²) in [5, 5.41) is 6.00. The smallest absolute Gasteiger partial charge is 0.243 e. The number of hydrogen-bond donors (Lipinski definition) is 1. The second-order valence-corrected chi connectivity index (χ2v) is 6.66. The number of aromatic nitrogens is 3. The summed E-state index contributed by atoms with van der Waals surface area (Å²) in [6, 6.07) is -0.266. The Morgan fingerprint density at radius 2 is 2.25 bits per heavy atom. The highest BCUT2D eigenvalue weighted by atomic mass is 32.1. The number of nitrogens with one attached hydrogen (secondary N) is 1. The van der Waals surface area contributed by atoms with Crippen molar-refractivity contribution in [1.82, 2.24) is 19.9 Å². The third-order valence-corrected chi connectivity index (χ3v) is 4.31. The maximum Gasteiger partial charge on any atom is 0.243 e. The zero-order chi connectivity index (χ0) is 14.8. The fourth-order valence-corrected chi connectivity index (χ4v) is 2.60. The quantitative estimate of drug-likeness (QED) is 0.942. The summed E-state index contributed by atoms with van der Waals surface area (Å²) in [4.78, 5) is 20.5. The van der Waals surface area contributed by atoms with Crippen LogP contribution in [0.1, 0.15) is 44.4 Å². The van der Waals surface area contributed by atoms with Crippen LogP contribution in [0, 0.1) is 0 Å². The minimum absolute atomic E-state index is 0.0340. The number of thiazole rings is 1. The van der Waals surface area contributed by atoms with E-state index >= 15 is 0 Å². The molecule has 0 aromatic carbocycles. The Morgan fingerprint density at radius 3 is 2.80 bits per heavy atom. The van der Waals surface area contributed by atoms with Gasteiger partial charge < -0.3 is 9.88 Å². The van der Waals surface area contributed by atoms with Crippen molar-refractivity contribution in [3.63, 3.8) is 0 Å². The molecular formula is C14H20N4OS. The molecule has 0 bridgehead atoms. The van der Waals surface area contributed by atoms with Crippen LogP contribution in [0.3, 0.4) is 0 Å². The molecule has 0 saturated carbocycles. The van der Waals surface area contributed by atoms with Crippen LogP contribution in [0.2, 0.25) is 0 Å². The normalized spacial score (nSPS) is 13.2. The molecule has 0 aliphatic rings. The minimum Gasteiger partial charge on any atom is -0.349 e. The van der Waals surface area contributed by atoms with Crippen LogP contribution in [0.25, 0.3) is 0 Å². The van der Waals surface area contributed by atoms with Crippen LogP contribution in [0.4, 0.5) is 0 Å². The highest BCUT2D eigenvalue weighted by Crippen LogP contribution is 2.25. The highest BCUT2D eigenvalue weighted by molar-refractivity contribution is 7.09. The van der Waals surface area contributed by atoms with Crippen molar-refractivity contribution in [1.29, 1.82) is 0 Å². The van der Waals surface area contributed by atoms with E-state index in [1.807, 2.05) is 12.3 Å². The van der Waals surface area contributed by atoms with E-state index in [0.717, 1.165) is 10.7 Å². The molecule has 2 aromatic heterocycles. The first-order valence-corrected chi connectivity index (χ1v) is 7.46. The molecular weight excluding hydrogens is 272 g/mol. The number of amides is 1. The molecule has 1 atom stereocenters. The number of rotatable bonds is 4. The Kier molecular flexibility index (Phi) is 4.23. The number of carbonyl (C=O) groups is 1. The molecule has 6 heteroatoms. The third kappa shape index (κ3) is 3.45. The Hall–Kier alpha value is -1.69. The van der Waals surface area contributed by atoms with Gasteiger partial charge >= 0.3 is 0 Å². The van der Waals surface area contributed by atoms with E-state index < -0.39 is 0 Å². The van der Waals surface area contributed by atoms with Gasteiger partial charge in [-0.3, -0.25) is 4.79 Å². The second kappa shape index (κ2) is 5.75. The minimum atomic E-state index is -0.266. The molecule has 108 valence electrons. The van der Waals surface area contributed by atoms with Gasteiger partial charge in [0.25, 0.3) is 0 Å². The summed E-state index contributed by atoms with van der Waals surface area (Å²) >= 11 is 1.64. The molecule has 0 saturated heterocycles. The number of hydrogen-bond acceptors (Lipinski definition) is 4. The molecule has 2 aromatic rings. The molecule has 1 amide bonds. The van der Waals surface area contributed by atoms with Gasteiger partial charge in [0.1, 0.15) is 6.04 Å². The fraction of sp³-hybridized carbons (Fsp3) is 0.500. The van der Waals surface area contributed by atoms with E-state index in [1.54, 1.807) is 34.6 Å². The summed E-state index contributed by atoms with van der Waals surface area (Å²) in [6.07, 6.45) is 5.09. The van der Waals surface area contributed by atoms with E-state index in [9.17, 15) is 4.79 Å². The monoisotopic (exact) mass is 292 g/mol. The maximum atomic E-state index is 12.0. The van der Waals surface area contributed by atoms with E-state index in [4.69, 9.17) is 0 Å². The van der Waals surface area contributed by atoms with Gasteiger partial charge in [-0.1, -0.05) is 20.8 Å². The van der Waals surface area contributed by atoms with Crippen molar-refractivity contribution in [3.8, 4) is 0 Å². The van der Waals surface area contributed by atoms with Crippen LogP contribution in [0.15, 0.2) is 24.1 Å². The number of imidazole rings is 1. The Morgan fingerprint density at radius 1 is 1.50 bits per heavy atom. The van der Waals surface area contributed by atoms with Crippen LogP contribution >= 0.6 is 11.3 Å². The number of nitrogens with zero attached hydrogens (tertiary/aromatic N) is 3. The fourth-order valence-electron chi connectivity index (χ4n) is 1.69. The van der Waals surface area contributed by atoms with Crippen LogP contribution in [-0.2, 0) is 16.8 Å². The predicted octanol–water partition coefficient (Wildman–Crippen LogP) is 2.51. The van der Waals surface area contributed by atoms with Crippen molar-refractivity contribution in [2.45, 2.75) is 45.7 Å². The first-order chi connectivity index (χ1) is 9.38. The van der Waals surface area contributed by atoms with E-state index in [0.29, 0.717) is 6.54 Å². The zero-order valence-corrected chi connectivity index (χ0v) is 13.1. The molecule has 1 N–H and O–H groups in total. The zero-order valence-electron chi connectivity index (χ0n) is 12.3. The summed E-state index contributed by atoms with van der Waals surface area (Å²) in [7, 11) is 0. The van der Waals surface area contributed by atoms with Gasteiger partial charge in [-0.2, -0.15) is 0 Å². The molecule has 0 aliphatic carbocycles. The maximum absolute atomic E-state index is 12.0. The van der Waals surface area contributed by atoms with Gasteiger partial charge in [0.05, 0.1) is 23.6 Å². The average molecular weight is 292 g/mol. The van der Waals surface area contributed by atoms with Gasteiger partial charge in [-0.15, -0.1) is 11.3 Å². The number of carbonyl (C=O) groups excluding carboxylic acids is 1. The molecule has 2 heterocycles. The summed E-state index contributed by atoms with van der Waals surface area (Å²) in [5.41, 5.74) is 0.961. The van der Waals surface area contributed by atoms with Crippen molar-refractivity contribution in [3.05, 3.63) is 34.8 Å². The lowest BCUT2D eigenvalue weighted by atomic mass is 9.98. The predicted molar refractivity (Wildman–Crippen MR) is 79.6 cm³/mol. The molecule has 0 spiro atoms. The Labute approximate surface area is 123 Å². The first kappa shape index (κ1) is 14.7. The van der Waals surface area contributed by atoms with Gasteiger partial charge in [0.15, 0.2) is 0 Å². The van der Waals surface area contributed by atoms with Crippen molar-refractivity contribution >= 4 is 17.2 Å². The molecule has 0 radical (unpaired) electrons. The molecule has 20 heavy (non-hydrogen) atoms. The van der Waals surface area contributed by atoms with Crippen LogP contribution in [-0.4, -0.2) is 20.4 Å². The Bertz CT molecular complexity index is 568. The van der Waals surface area contributed by atoms with Crippen molar-refractivity contribution in [2.24, 2.45) is 0 Å². The van der Waals surface area contributed by atoms with E-state index in [1.165, 1.54) is 0 Å². The standard InChI is InChI=1S/C14H20N4OS/c1-10(18-6-5-15-9-18)12(19)16-7-11-8-20-13(17-11)14(2,3)4/h5-6,8-10H,7H2,1-4H3,(H,16,19)/t10-/m1/s1.